The summed E-state index contributed by atoms with van der Waals surface area (Å²) < 4.78 is 1.11. The number of hydrogen-bond acceptors (Lipinski definition) is 5. The highest BCUT2D eigenvalue weighted by Gasteiger charge is 2.14. The zero-order valence-corrected chi connectivity index (χ0v) is 11.4. The van der Waals surface area contributed by atoms with E-state index in [0.717, 1.165) is 28.1 Å². The van der Waals surface area contributed by atoms with Crippen LogP contribution in [0.4, 0.5) is 11.4 Å². The van der Waals surface area contributed by atoms with E-state index in [-0.39, 0.29) is 6.04 Å². The average Bonchev–Trinajstić information content (AvgIpc) is 3.09. The number of nitrogens with one attached hydrogen (secondary N) is 2. The van der Waals surface area contributed by atoms with Crippen molar-refractivity contribution in [2.45, 2.75) is 19.4 Å². The Morgan fingerprint density at radius 2 is 2.32 bits per heavy atom. The van der Waals surface area contributed by atoms with Crippen LogP contribution in [0.2, 0.25) is 0 Å². The summed E-state index contributed by atoms with van der Waals surface area (Å²) in [5, 5.41) is 3.43. The molecule has 1 aromatic carbocycles. The molecule has 0 spiro atoms. The Bertz CT molecular complexity index is 673. The fourth-order valence-electron chi connectivity index (χ4n) is 2.10. The van der Waals surface area contributed by atoms with Crippen molar-refractivity contribution in [1.82, 2.24) is 15.0 Å². The first-order chi connectivity index (χ1) is 9.29. The Morgan fingerprint density at radius 1 is 1.42 bits per heavy atom. The van der Waals surface area contributed by atoms with E-state index >= 15 is 0 Å². The normalized spacial score (nSPS) is 12.7. The van der Waals surface area contributed by atoms with Gasteiger partial charge in [-0.05, 0) is 18.6 Å². The first-order valence-corrected chi connectivity index (χ1v) is 7.05. The second-order valence-electron chi connectivity index (χ2n) is 4.31. The molecule has 98 valence electrons. The molecule has 3 rings (SSSR count). The van der Waals surface area contributed by atoms with E-state index in [4.69, 9.17) is 5.73 Å². The minimum atomic E-state index is 0.119. The van der Waals surface area contributed by atoms with Gasteiger partial charge in [0.1, 0.15) is 11.3 Å². The van der Waals surface area contributed by atoms with Crippen molar-refractivity contribution >= 4 is 32.9 Å². The van der Waals surface area contributed by atoms with Gasteiger partial charge in [-0.3, -0.25) is 0 Å². The number of nitrogens with zero attached hydrogens (tertiary/aromatic N) is 2. The summed E-state index contributed by atoms with van der Waals surface area (Å²) >= 11 is 1.60. The van der Waals surface area contributed by atoms with E-state index in [9.17, 15) is 0 Å². The van der Waals surface area contributed by atoms with Crippen LogP contribution in [-0.2, 0) is 0 Å². The Labute approximate surface area is 114 Å². The van der Waals surface area contributed by atoms with Crippen LogP contribution in [0.15, 0.2) is 30.0 Å². The molecule has 1 unspecified atom stereocenters. The summed E-state index contributed by atoms with van der Waals surface area (Å²) in [6.07, 6.45) is 4.50. The topological polar surface area (TPSA) is 79.6 Å². The molecule has 6 heteroatoms. The van der Waals surface area contributed by atoms with Crippen molar-refractivity contribution in [3.8, 4) is 0 Å². The SMILES string of the molecule is CCC(Nc1ccc2scnc2c1N)c1ncc[nH]1. The summed E-state index contributed by atoms with van der Waals surface area (Å²) in [4.78, 5) is 11.7. The molecule has 0 bridgehead atoms. The number of hydrogen-bond donors (Lipinski definition) is 3. The van der Waals surface area contributed by atoms with E-state index in [0.29, 0.717) is 5.69 Å². The number of aromatic amines is 1. The van der Waals surface area contributed by atoms with Gasteiger partial charge in [0.05, 0.1) is 27.6 Å². The van der Waals surface area contributed by atoms with E-state index in [1.807, 2.05) is 23.8 Å². The molecule has 0 aliphatic rings. The number of H-pyrrole nitrogens is 1. The van der Waals surface area contributed by atoms with Gasteiger partial charge in [0.2, 0.25) is 0 Å². The van der Waals surface area contributed by atoms with Gasteiger partial charge in [-0.15, -0.1) is 11.3 Å². The number of benzene rings is 1. The maximum atomic E-state index is 6.17. The van der Waals surface area contributed by atoms with Gasteiger partial charge < -0.3 is 16.0 Å². The smallest absolute Gasteiger partial charge is 0.128 e. The number of fused-ring (bicyclic) bond motifs is 1. The largest absolute Gasteiger partial charge is 0.395 e. The van der Waals surface area contributed by atoms with Crippen molar-refractivity contribution in [2.75, 3.05) is 11.1 Å². The lowest BCUT2D eigenvalue weighted by atomic mass is 10.1. The number of nitrogen functional groups attached to an aromatic ring is 1. The van der Waals surface area contributed by atoms with Crippen molar-refractivity contribution in [2.24, 2.45) is 0 Å². The van der Waals surface area contributed by atoms with E-state index < -0.39 is 0 Å². The highest BCUT2D eigenvalue weighted by atomic mass is 32.1. The second kappa shape index (κ2) is 4.89. The lowest BCUT2D eigenvalue weighted by molar-refractivity contribution is 0.704. The molecule has 2 aromatic heterocycles. The van der Waals surface area contributed by atoms with Crippen LogP contribution in [0, 0.1) is 0 Å². The molecule has 0 amide bonds. The number of imidazole rings is 1. The summed E-state index contributed by atoms with van der Waals surface area (Å²) in [6, 6.07) is 4.16. The molecule has 0 saturated carbocycles. The van der Waals surface area contributed by atoms with Crippen LogP contribution in [0.1, 0.15) is 25.2 Å². The van der Waals surface area contributed by atoms with Gasteiger partial charge in [-0.2, -0.15) is 0 Å². The van der Waals surface area contributed by atoms with Crippen molar-refractivity contribution < 1.29 is 0 Å². The molecule has 3 aromatic rings. The fraction of sp³-hybridized carbons (Fsp3) is 0.231. The number of aromatic nitrogens is 3. The third kappa shape index (κ3) is 2.15. The molecule has 0 aliphatic carbocycles. The first-order valence-electron chi connectivity index (χ1n) is 6.17. The molecule has 0 aliphatic heterocycles. The number of thiazole rings is 1. The Balaban J connectivity index is 1.94. The lowest BCUT2D eigenvalue weighted by Gasteiger charge is -2.17. The molecular formula is C13H15N5S. The van der Waals surface area contributed by atoms with Crippen LogP contribution < -0.4 is 11.1 Å². The molecular weight excluding hydrogens is 258 g/mol. The van der Waals surface area contributed by atoms with E-state index in [1.54, 1.807) is 17.5 Å². The Morgan fingerprint density at radius 3 is 3.05 bits per heavy atom. The molecule has 1 atom stereocenters. The molecule has 4 N–H and O–H groups in total. The van der Waals surface area contributed by atoms with Gasteiger partial charge in [0, 0.05) is 12.4 Å². The summed E-state index contributed by atoms with van der Waals surface area (Å²) in [5.41, 5.74) is 10.5. The fourth-order valence-corrected chi connectivity index (χ4v) is 2.79. The maximum absolute atomic E-state index is 6.17. The summed E-state index contributed by atoms with van der Waals surface area (Å²) in [6.45, 7) is 2.11. The second-order valence-corrected chi connectivity index (χ2v) is 5.19. The van der Waals surface area contributed by atoms with Crippen LogP contribution in [0.25, 0.3) is 10.2 Å². The first kappa shape index (κ1) is 12.0. The van der Waals surface area contributed by atoms with E-state index in [1.165, 1.54) is 0 Å². The number of rotatable bonds is 4. The van der Waals surface area contributed by atoms with Crippen molar-refractivity contribution in [3.05, 3.63) is 35.9 Å². The monoisotopic (exact) mass is 273 g/mol. The standard InChI is InChI=1S/C13H15N5S/c1-2-8(13-15-5-6-16-13)18-9-3-4-10-12(11(9)14)17-7-19-10/h3-8,18H,2,14H2,1H3,(H,15,16). The molecule has 0 radical (unpaired) electrons. The average molecular weight is 273 g/mol. The molecule has 5 nitrogen and oxygen atoms in total. The lowest BCUT2D eigenvalue weighted by Crippen LogP contribution is -2.12. The minimum Gasteiger partial charge on any atom is -0.395 e. The van der Waals surface area contributed by atoms with Gasteiger partial charge >= 0.3 is 0 Å². The summed E-state index contributed by atoms with van der Waals surface area (Å²) in [7, 11) is 0. The summed E-state index contributed by atoms with van der Waals surface area (Å²) in [5.74, 6) is 0.917. The third-order valence-electron chi connectivity index (χ3n) is 3.13. The van der Waals surface area contributed by atoms with Gasteiger partial charge in [-0.1, -0.05) is 6.92 Å². The van der Waals surface area contributed by atoms with Crippen LogP contribution in [0.5, 0.6) is 0 Å². The van der Waals surface area contributed by atoms with Crippen molar-refractivity contribution in [1.29, 1.82) is 0 Å². The van der Waals surface area contributed by atoms with Crippen LogP contribution in [0.3, 0.4) is 0 Å². The highest BCUT2D eigenvalue weighted by Crippen LogP contribution is 2.32. The van der Waals surface area contributed by atoms with Gasteiger partial charge in [0.25, 0.3) is 0 Å². The third-order valence-corrected chi connectivity index (χ3v) is 3.92. The highest BCUT2D eigenvalue weighted by molar-refractivity contribution is 7.16. The maximum Gasteiger partial charge on any atom is 0.128 e. The zero-order chi connectivity index (χ0) is 13.2. The van der Waals surface area contributed by atoms with Crippen LogP contribution in [-0.4, -0.2) is 15.0 Å². The predicted octanol–water partition coefficient (Wildman–Crippen LogP) is 3.16. The predicted molar refractivity (Wildman–Crippen MR) is 79.3 cm³/mol. The molecule has 19 heavy (non-hydrogen) atoms. The minimum absolute atomic E-state index is 0.119. The van der Waals surface area contributed by atoms with Crippen LogP contribution >= 0.6 is 11.3 Å². The molecule has 0 fully saturated rings. The molecule has 0 saturated heterocycles. The Hall–Kier alpha value is -2.08. The zero-order valence-electron chi connectivity index (χ0n) is 10.6. The molecule has 2 heterocycles. The number of anilines is 2. The van der Waals surface area contributed by atoms with Gasteiger partial charge in [0.15, 0.2) is 0 Å². The van der Waals surface area contributed by atoms with Gasteiger partial charge in [-0.25, -0.2) is 9.97 Å². The van der Waals surface area contributed by atoms with Crippen molar-refractivity contribution in [3.63, 3.8) is 0 Å². The Kier molecular flexibility index (Phi) is 3.08. The van der Waals surface area contributed by atoms with E-state index in [2.05, 4.69) is 27.2 Å². The quantitative estimate of drug-likeness (QED) is 0.638. The number of nitrogens with two attached hydrogens (primary N) is 1.